The minimum Gasteiger partial charge on any atom is -0.488 e. The number of pyridine rings is 1. The molecule has 0 radical (unpaired) electrons. The molecule has 13 heavy (non-hydrogen) atoms. The zero-order valence-electron chi connectivity index (χ0n) is 7.45. The van der Waals surface area contributed by atoms with Crippen molar-refractivity contribution in [2.75, 3.05) is 0 Å². The summed E-state index contributed by atoms with van der Waals surface area (Å²) in [6, 6.07) is 1.39. The first-order valence-corrected chi connectivity index (χ1v) is 3.91. The average molecular weight is 183 g/mol. The Hall–Kier alpha value is -1.45. The van der Waals surface area contributed by atoms with E-state index in [0.717, 1.165) is 0 Å². The van der Waals surface area contributed by atoms with Crippen LogP contribution in [0.5, 0.6) is 5.75 Å². The van der Waals surface area contributed by atoms with Gasteiger partial charge >= 0.3 is 0 Å². The normalized spacial score (nSPS) is 10.2. The van der Waals surface area contributed by atoms with E-state index in [1.807, 2.05) is 0 Å². The number of carbonyl (C=O) groups excluding carboxylic acids is 1. The molecule has 0 bridgehead atoms. The molecule has 0 N–H and O–H groups in total. The Morgan fingerprint density at radius 3 is 2.85 bits per heavy atom. The molecule has 0 amide bonds. The largest absolute Gasteiger partial charge is 0.488 e. The van der Waals surface area contributed by atoms with Gasteiger partial charge in [0.2, 0.25) is 0 Å². The maximum atomic E-state index is 13.2. The van der Waals surface area contributed by atoms with Crippen molar-refractivity contribution in [2.45, 2.75) is 20.0 Å². The molecule has 0 saturated heterocycles. The molecule has 1 rings (SSSR count). The van der Waals surface area contributed by atoms with Gasteiger partial charge in [0, 0.05) is 12.3 Å². The molecule has 3 nitrogen and oxygen atoms in total. The van der Waals surface area contributed by atoms with Gasteiger partial charge in [0.1, 0.15) is 5.69 Å². The highest BCUT2D eigenvalue weighted by Crippen LogP contribution is 2.18. The lowest BCUT2D eigenvalue weighted by Gasteiger charge is -2.10. The van der Waals surface area contributed by atoms with Crippen molar-refractivity contribution in [3.05, 3.63) is 23.8 Å². The third kappa shape index (κ3) is 2.24. The quantitative estimate of drug-likeness (QED) is 0.671. The number of aldehydes is 1. The Kier molecular flexibility index (Phi) is 2.95. The van der Waals surface area contributed by atoms with Crippen LogP contribution in [-0.2, 0) is 0 Å². The van der Waals surface area contributed by atoms with Gasteiger partial charge < -0.3 is 4.74 Å². The molecule has 0 fully saturated rings. The molecule has 1 aromatic heterocycles. The fraction of sp³-hybridized carbons (Fsp3) is 0.333. The first-order chi connectivity index (χ1) is 6.15. The van der Waals surface area contributed by atoms with E-state index in [1.54, 1.807) is 13.8 Å². The van der Waals surface area contributed by atoms with Crippen LogP contribution in [0.15, 0.2) is 12.3 Å². The Bertz CT molecular complexity index is 312. The molecule has 0 unspecified atom stereocenters. The van der Waals surface area contributed by atoms with Gasteiger partial charge in [-0.05, 0) is 13.8 Å². The minimum absolute atomic E-state index is 0.0621. The van der Waals surface area contributed by atoms with Crippen molar-refractivity contribution < 1.29 is 13.9 Å². The van der Waals surface area contributed by atoms with E-state index in [0.29, 0.717) is 6.29 Å². The zero-order chi connectivity index (χ0) is 9.84. The van der Waals surface area contributed by atoms with Crippen molar-refractivity contribution >= 4 is 6.29 Å². The zero-order valence-corrected chi connectivity index (χ0v) is 7.45. The number of rotatable bonds is 3. The van der Waals surface area contributed by atoms with Crippen LogP contribution in [-0.4, -0.2) is 17.4 Å². The predicted molar refractivity (Wildman–Crippen MR) is 45.3 cm³/mol. The van der Waals surface area contributed by atoms with E-state index in [1.165, 1.54) is 12.3 Å². The number of hydrogen-bond acceptors (Lipinski definition) is 3. The van der Waals surface area contributed by atoms with Crippen LogP contribution in [0.4, 0.5) is 4.39 Å². The van der Waals surface area contributed by atoms with Crippen molar-refractivity contribution in [1.82, 2.24) is 4.98 Å². The van der Waals surface area contributed by atoms with Crippen LogP contribution in [0.25, 0.3) is 0 Å². The summed E-state index contributed by atoms with van der Waals surface area (Å²) in [5.74, 6) is -0.640. The number of aromatic nitrogens is 1. The Morgan fingerprint density at radius 2 is 2.31 bits per heavy atom. The van der Waals surface area contributed by atoms with Crippen LogP contribution < -0.4 is 4.74 Å². The van der Waals surface area contributed by atoms with Crippen molar-refractivity contribution in [1.29, 1.82) is 0 Å². The minimum atomic E-state index is -0.703. The standard InChI is InChI=1S/C9H10FNO2/c1-6(2)13-8-3-4-11-7(5-12)9(8)10/h3-6H,1-2H3. The maximum absolute atomic E-state index is 13.2. The predicted octanol–water partition coefficient (Wildman–Crippen LogP) is 1.82. The van der Waals surface area contributed by atoms with E-state index < -0.39 is 5.82 Å². The second-order valence-corrected chi connectivity index (χ2v) is 2.79. The lowest BCUT2D eigenvalue weighted by atomic mass is 10.3. The molecular weight excluding hydrogens is 173 g/mol. The van der Waals surface area contributed by atoms with Gasteiger partial charge in [0.25, 0.3) is 0 Å². The molecule has 0 aromatic carbocycles. The van der Waals surface area contributed by atoms with E-state index in [2.05, 4.69) is 4.98 Å². The summed E-state index contributed by atoms with van der Waals surface area (Å²) in [4.78, 5) is 13.8. The smallest absolute Gasteiger partial charge is 0.194 e. The van der Waals surface area contributed by atoms with Gasteiger partial charge in [-0.3, -0.25) is 9.78 Å². The SMILES string of the molecule is CC(C)Oc1ccnc(C=O)c1F. The summed E-state index contributed by atoms with van der Waals surface area (Å²) in [6.45, 7) is 3.56. The first kappa shape index (κ1) is 9.64. The average Bonchev–Trinajstić information content (AvgIpc) is 2.08. The highest BCUT2D eigenvalue weighted by Gasteiger charge is 2.10. The number of hydrogen-bond donors (Lipinski definition) is 0. The van der Waals surface area contributed by atoms with Crippen LogP contribution in [0.3, 0.4) is 0 Å². The molecular formula is C9H10FNO2. The topological polar surface area (TPSA) is 39.2 Å². The number of halogens is 1. The van der Waals surface area contributed by atoms with Gasteiger partial charge in [-0.25, -0.2) is 4.39 Å². The summed E-state index contributed by atoms with van der Waals surface area (Å²) in [5.41, 5.74) is -0.224. The van der Waals surface area contributed by atoms with Crippen molar-refractivity contribution in [2.24, 2.45) is 0 Å². The molecule has 1 heterocycles. The number of carbonyl (C=O) groups is 1. The Labute approximate surface area is 75.6 Å². The van der Waals surface area contributed by atoms with E-state index in [-0.39, 0.29) is 17.5 Å². The third-order valence-electron chi connectivity index (χ3n) is 1.36. The third-order valence-corrected chi connectivity index (χ3v) is 1.36. The van der Waals surface area contributed by atoms with Crippen LogP contribution in [0, 0.1) is 5.82 Å². The number of ether oxygens (including phenoxy) is 1. The van der Waals surface area contributed by atoms with Crippen LogP contribution in [0.2, 0.25) is 0 Å². The lowest BCUT2D eigenvalue weighted by molar-refractivity contribution is 0.111. The molecule has 1 aromatic rings. The highest BCUT2D eigenvalue weighted by atomic mass is 19.1. The lowest BCUT2D eigenvalue weighted by Crippen LogP contribution is -2.08. The van der Waals surface area contributed by atoms with E-state index in [4.69, 9.17) is 4.74 Å². The summed E-state index contributed by atoms with van der Waals surface area (Å²) in [5, 5.41) is 0. The summed E-state index contributed by atoms with van der Waals surface area (Å²) >= 11 is 0. The molecule has 70 valence electrons. The molecule has 4 heteroatoms. The molecule has 0 saturated carbocycles. The molecule has 0 spiro atoms. The first-order valence-electron chi connectivity index (χ1n) is 3.91. The fourth-order valence-corrected chi connectivity index (χ4v) is 0.868. The van der Waals surface area contributed by atoms with Gasteiger partial charge in [0.15, 0.2) is 17.9 Å². The highest BCUT2D eigenvalue weighted by molar-refractivity contribution is 5.72. The van der Waals surface area contributed by atoms with Crippen molar-refractivity contribution in [3.63, 3.8) is 0 Å². The van der Waals surface area contributed by atoms with Crippen molar-refractivity contribution in [3.8, 4) is 5.75 Å². The number of nitrogens with zero attached hydrogens (tertiary/aromatic N) is 1. The molecule has 0 aliphatic rings. The summed E-state index contributed by atoms with van der Waals surface area (Å²) in [6.07, 6.45) is 1.57. The van der Waals surface area contributed by atoms with Crippen LogP contribution >= 0.6 is 0 Å². The molecule has 0 atom stereocenters. The maximum Gasteiger partial charge on any atom is 0.194 e. The van der Waals surface area contributed by atoms with E-state index in [9.17, 15) is 9.18 Å². The molecule has 0 aliphatic carbocycles. The Morgan fingerprint density at radius 1 is 1.62 bits per heavy atom. The van der Waals surface area contributed by atoms with E-state index >= 15 is 0 Å². The van der Waals surface area contributed by atoms with Gasteiger partial charge in [-0.15, -0.1) is 0 Å². The van der Waals surface area contributed by atoms with Gasteiger partial charge in [0.05, 0.1) is 6.10 Å². The van der Waals surface area contributed by atoms with Crippen LogP contribution in [0.1, 0.15) is 24.3 Å². The summed E-state index contributed by atoms with van der Waals surface area (Å²) in [7, 11) is 0. The fourth-order valence-electron chi connectivity index (χ4n) is 0.868. The molecule has 0 aliphatic heterocycles. The van der Waals surface area contributed by atoms with Gasteiger partial charge in [-0.1, -0.05) is 0 Å². The summed E-state index contributed by atoms with van der Waals surface area (Å²) < 4.78 is 18.3. The second-order valence-electron chi connectivity index (χ2n) is 2.79. The van der Waals surface area contributed by atoms with Gasteiger partial charge in [-0.2, -0.15) is 0 Å². The Balaban J connectivity index is 3.01. The second kappa shape index (κ2) is 3.98. The monoisotopic (exact) mass is 183 g/mol.